The van der Waals surface area contributed by atoms with Gasteiger partial charge in [-0.3, -0.25) is 14.3 Å². The molecule has 0 aromatic carbocycles. The first-order valence-corrected chi connectivity index (χ1v) is 6.43. The molecule has 1 saturated carbocycles. The van der Waals surface area contributed by atoms with E-state index in [-0.39, 0.29) is 24.4 Å². The molecule has 0 atom stereocenters. The van der Waals surface area contributed by atoms with Crippen LogP contribution in [0.4, 0.5) is 5.69 Å². The first-order chi connectivity index (χ1) is 9.02. The molecule has 0 aliphatic heterocycles. The molecule has 2 rings (SSSR count). The minimum absolute atomic E-state index is 0.0390. The van der Waals surface area contributed by atoms with Crippen molar-refractivity contribution in [3.05, 3.63) is 11.4 Å². The summed E-state index contributed by atoms with van der Waals surface area (Å²) >= 11 is 0. The van der Waals surface area contributed by atoms with E-state index >= 15 is 0 Å². The predicted molar refractivity (Wildman–Crippen MR) is 70.5 cm³/mol. The Morgan fingerprint density at radius 2 is 2.16 bits per heavy atom. The maximum absolute atomic E-state index is 12.0. The second-order valence-electron chi connectivity index (χ2n) is 4.69. The fourth-order valence-electron chi connectivity index (χ4n) is 1.81. The molecule has 1 aliphatic rings. The summed E-state index contributed by atoms with van der Waals surface area (Å²) in [6.45, 7) is 4.14. The molecule has 0 unspecified atom stereocenters. The van der Waals surface area contributed by atoms with Gasteiger partial charge in [0.1, 0.15) is 5.69 Å². The summed E-state index contributed by atoms with van der Waals surface area (Å²) in [6, 6.07) is 0.290. The van der Waals surface area contributed by atoms with Crippen LogP contribution >= 0.6 is 0 Å². The topological polar surface area (TPSA) is 102 Å². The first-order valence-electron chi connectivity index (χ1n) is 6.43. The van der Waals surface area contributed by atoms with Gasteiger partial charge in [-0.1, -0.05) is 0 Å². The lowest BCUT2D eigenvalue weighted by molar-refractivity contribution is -0.120. The van der Waals surface area contributed by atoms with Gasteiger partial charge in [0.2, 0.25) is 5.91 Å². The van der Waals surface area contributed by atoms with Crippen LogP contribution in [0.1, 0.15) is 35.9 Å². The molecule has 0 saturated heterocycles. The Kier molecular flexibility index (Phi) is 3.73. The number of hydrogen-bond acceptors (Lipinski definition) is 4. The van der Waals surface area contributed by atoms with E-state index in [1.54, 1.807) is 11.6 Å². The summed E-state index contributed by atoms with van der Waals surface area (Å²) in [5.41, 5.74) is 7.13. The van der Waals surface area contributed by atoms with Crippen LogP contribution in [-0.4, -0.2) is 34.2 Å². The number of amides is 2. The normalized spacial score (nSPS) is 14.2. The summed E-state index contributed by atoms with van der Waals surface area (Å²) < 4.78 is 1.54. The Morgan fingerprint density at radius 3 is 2.74 bits per heavy atom. The van der Waals surface area contributed by atoms with E-state index in [9.17, 15) is 9.59 Å². The number of nitrogens with zero attached hydrogens (tertiary/aromatic N) is 2. The number of anilines is 1. The lowest BCUT2D eigenvalue weighted by Gasteiger charge is -2.08. The second kappa shape index (κ2) is 5.29. The SMILES string of the molecule is CCn1nc(C)c(N)c1C(=O)NCC(=O)NC1CC1. The Balaban J connectivity index is 1.97. The summed E-state index contributed by atoms with van der Waals surface area (Å²) in [7, 11) is 0. The third-order valence-electron chi connectivity index (χ3n) is 3.04. The van der Waals surface area contributed by atoms with Crippen LogP contribution in [0, 0.1) is 6.92 Å². The molecular weight excluding hydrogens is 246 g/mol. The van der Waals surface area contributed by atoms with Crippen LogP contribution in [0.15, 0.2) is 0 Å². The van der Waals surface area contributed by atoms with Crippen molar-refractivity contribution in [1.29, 1.82) is 0 Å². The number of hydrogen-bond donors (Lipinski definition) is 3. The van der Waals surface area contributed by atoms with Crippen molar-refractivity contribution >= 4 is 17.5 Å². The molecule has 1 aliphatic carbocycles. The molecule has 1 heterocycles. The van der Waals surface area contributed by atoms with E-state index in [1.165, 1.54) is 0 Å². The monoisotopic (exact) mass is 265 g/mol. The second-order valence-corrected chi connectivity index (χ2v) is 4.69. The highest BCUT2D eigenvalue weighted by Crippen LogP contribution is 2.18. The van der Waals surface area contributed by atoms with E-state index < -0.39 is 0 Å². The van der Waals surface area contributed by atoms with E-state index in [4.69, 9.17) is 5.73 Å². The van der Waals surface area contributed by atoms with Crippen molar-refractivity contribution in [1.82, 2.24) is 20.4 Å². The Labute approximate surface area is 111 Å². The fourth-order valence-corrected chi connectivity index (χ4v) is 1.81. The molecule has 7 nitrogen and oxygen atoms in total. The van der Waals surface area contributed by atoms with Gasteiger partial charge in [0.25, 0.3) is 5.91 Å². The molecule has 0 spiro atoms. The minimum Gasteiger partial charge on any atom is -0.395 e. The molecule has 0 radical (unpaired) electrons. The molecule has 2 amide bonds. The average Bonchev–Trinajstić information content (AvgIpc) is 3.13. The number of aryl methyl sites for hydroxylation is 2. The van der Waals surface area contributed by atoms with Gasteiger partial charge in [0.05, 0.1) is 17.9 Å². The molecule has 1 aromatic heterocycles. The van der Waals surface area contributed by atoms with Crippen LogP contribution < -0.4 is 16.4 Å². The van der Waals surface area contributed by atoms with Crippen LogP contribution in [0.3, 0.4) is 0 Å². The van der Waals surface area contributed by atoms with Gasteiger partial charge in [0, 0.05) is 12.6 Å². The van der Waals surface area contributed by atoms with Crippen molar-refractivity contribution in [2.24, 2.45) is 0 Å². The van der Waals surface area contributed by atoms with Crippen molar-refractivity contribution < 1.29 is 9.59 Å². The fraction of sp³-hybridized carbons (Fsp3) is 0.583. The summed E-state index contributed by atoms with van der Waals surface area (Å²) in [4.78, 5) is 23.5. The smallest absolute Gasteiger partial charge is 0.272 e. The molecule has 19 heavy (non-hydrogen) atoms. The van der Waals surface area contributed by atoms with Crippen molar-refractivity contribution in [2.45, 2.75) is 39.3 Å². The molecule has 0 bridgehead atoms. The lowest BCUT2D eigenvalue weighted by Crippen LogP contribution is -2.38. The van der Waals surface area contributed by atoms with Gasteiger partial charge < -0.3 is 16.4 Å². The molecule has 7 heteroatoms. The summed E-state index contributed by atoms with van der Waals surface area (Å²) in [5, 5.41) is 9.54. The van der Waals surface area contributed by atoms with Gasteiger partial charge in [-0.15, -0.1) is 0 Å². The van der Waals surface area contributed by atoms with Crippen LogP contribution in [0.5, 0.6) is 0 Å². The third-order valence-corrected chi connectivity index (χ3v) is 3.04. The number of carbonyl (C=O) groups is 2. The molecular formula is C12H19N5O2. The van der Waals surface area contributed by atoms with Gasteiger partial charge in [-0.05, 0) is 26.7 Å². The zero-order valence-electron chi connectivity index (χ0n) is 11.2. The van der Waals surface area contributed by atoms with Crippen molar-refractivity contribution in [3.8, 4) is 0 Å². The summed E-state index contributed by atoms with van der Waals surface area (Å²) in [5.74, 6) is -0.542. The number of nitrogens with two attached hydrogens (primary N) is 1. The zero-order valence-corrected chi connectivity index (χ0v) is 11.2. The zero-order chi connectivity index (χ0) is 14.0. The van der Waals surface area contributed by atoms with Crippen LogP contribution in [0.25, 0.3) is 0 Å². The number of rotatable bonds is 5. The maximum Gasteiger partial charge on any atom is 0.272 e. The van der Waals surface area contributed by atoms with Crippen LogP contribution in [0.2, 0.25) is 0 Å². The third kappa shape index (κ3) is 3.04. The Bertz CT molecular complexity index is 504. The minimum atomic E-state index is -0.370. The molecule has 4 N–H and O–H groups in total. The number of carbonyl (C=O) groups excluding carboxylic acids is 2. The van der Waals surface area contributed by atoms with Gasteiger partial charge in [-0.2, -0.15) is 5.10 Å². The number of aromatic nitrogens is 2. The van der Waals surface area contributed by atoms with Gasteiger partial charge in [-0.25, -0.2) is 0 Å². The van der Waals surface area contributed by atoms with Crippen molar-refractivity contribution in [2.75, 3.05) is 12.3 Å². The average molecular weight is 265 g/mol. The highest BCUT2D eigenvalue weighted by Gasteiger charge is 2.24. The molecule has 104 valence electrons. The van der Waals surface area contributed by atoms with E-state index in [0.717, 1.165) is 12.8 Å². The first kappa shape index (κ1) is 13.4. The van der Waals surface area contributed by atoms with E-state index in [1.807, 2.05) is 6.92 Å². The molecule has 1 fully saturated rings. The lowest BCUT2D eigenvalue weighted by atomic mass is 10.3. The van der Waals surface area contributed by atoms with E-state index in [2.05, 4.69) is 15.7 Å². The number of nitrogens with one attached hydrogen (secondary N) is 2. The summed E-state index contributed by atoms with van der Waals surface area (Å²) in [6.07, 6.45) is 2.04. The number of nitrogen functional groups attached to an aromatic ring is 1. The largest absolute Gasteiger partial charge is 0.395 e. The predicted octanol–water partition coefficient (Wildman–Crippen LogP) is -0.198. The standard InChI is InChI=1S/C12H19N5O2/c1-3-17-11(10(13)7(2)16-17)12(19)14-6-9(18)15-8-4-5-8/h8H,3-6,13H2,1-2H3,(H,14,19)(H,15,18). The van der Waals surface area contributed by atoms with Gasteiger partial charge in [0.15, 0.2) is 0 Å². The quantitative estimate of drug-likeness (QED) is 0.686. The highest BCUT2D eigenvalue weighted by molar-refractivity contribution is 5.99. The Hall–Kier alpha value is -2.05. The van der Waals surface area contributed by atoms with Crippen molar-refractivity contribution in [3.63, 3.8) is 0 Å². The Morgan fingerprint density at radius 1 is 1.47 bits per heavy atom. The van der Waals surface area contributed by atoms with Crippen LogP contribution in [-0.2, 0) is 11.3 Å². The van der Waals surface area contributed by atoms with E-state index in [0.29, 0.717) is 23.6 Å². The maximum atomic E-state index is 12.0. The molecule has 1 aromatic rings. The highest BCUT2D eigenvalue weighted by atomic mass is 16.2. The van der Waals surface area contributed by atoms with Gasteiger partial charge >= 0.3 is 0 Å².